The zero-order valence-electron chi connectivity index (χ0n) is 23.2. The molecule has 0 aliphatic rings. The number of nitrogens with zero attached hydrogens (tertiary/aromatic N) is 2. The largest absolute Gasteiger partial charge is 1.00 e. The van der Waals surface area contributed by atoms with Gasteiger partial charge in [-0.1, -0.05) is 75.3 Å². The van der Waals surface area contributed by atoms with Crippen molar-refractivity contribution in [2.75, 3.05) is 61.0 Å². The van der Waals surface area contributed by atoms with Crippen molar-refractivity contribution in [2.24, 2.45) is 0 Å². The van der Waals surface area contributed by atoms with E-state index in [9.17, 15) is 0 Å². The maximum Gasteiger partial charge on any atom is 0.128 e. The number of fused-ring (bicyclic) bond motifs is 1. The van der Waals surface area contributed by atoms with Crippen LogP contribution in [0.15, 0.2) is 42.5 Å². The molecule has 5 heteroatoms. The number of ether oxygens (including phenoxy) is 1. The van der Waals surface area contributed by atoms with Crippen LogP contribution in [-0.2, 0) is 0 Å². The van der Waals surface area contributed by atoms with E-state index in [-0.39, 0.29) is 48.0 Å². The fourth-order valence-corrected chi connectivity index (χ4v) is 4.31. The lowest BCUT2D eigenvalue weighted by Gasteiger charge is -2.35. The fourth-order valence-electron chi connectivity index (χ4n) is 4.31. The van der Waals surface area contributed by atoms with E-state index in [0.29, 0.717) is 0 Å². The molecule has 0 heterocycles. The van der Waals surface area contributed by atoms with Gasteiger partial charge in [-0.2, -0.15) is 0 Å². The number of benzene rings is 2. The normalized spacial score (nSPS) is 11.7. The number of likely N-dealkylation sites (N-methyl/N-ethyl adjacent to an activating group) is 2. The zero-order valence-corrected chi connectivity index (χ0v) is 27.5. The van der Waals surface area contributed by atoms with Crippen LogP contribution >= 0.6 is 0 Å². The van der Waals surface area contributed by atoms with Crippen molar-refractivity contribution in [3.05, 3.63) is 42.5 Å². The fraction of sp³-hybridized carbons (Fsp3) is 0.667. The van der Waals surface area contributed by atoms with Gasteiger partial charge in [-0.25, -0.2) is 0 Å². The maximum atomic E-state index is 5.96. The van der Waals surface area contributed by atoms with Gasteiger partial charge in [0, 0.05) is 0 Å². The number of rotatable bonds is 18. The monoisotopic (exact) mass is 710 g/mol. The first-order chi connectivity index (χ1) is 15.8. The second-order valence-electron chi connectivity index (χ2n) is 11.3. The number of halogens is 2. The Morgan fingerprint density at radius 1 is 0.571 bits per heavy atom. The molecule has 3 nitrogen and oxygen atoms in total. The average Bonchev–Trinajstić information content (AvgIpc) is 2.81. The van der Waals surface area contributed by atoms with Crippen LogP contribution in [0.1, 0.15) is 71.1 Å². The summed E-state index contributed by atoms with van der Waals surface area (Å²) in [5.41, 5.74) is 0. The molecular weight excluding hydrogens is 658 g/mol. The summed E-state index contributed by atoms with van der Waals surface area (Å²) in [5, 5.41) is 2.53. The van der Waals surface area contributed by atoms with E-state index in [2.05, 4.69) is 77.6 Å². The topological polar surface area (TPSA) is 9.23 Å². The van der Waals surface area contributed by atoms with Crippen molar-refractivity contribution in [3.63, 3.8) is 0 Å². The van der Waals surface area contributed by atoms with Crippen LogP contribution in [0.25, 0.3) is 10.8 Å². The molecule has 0 N–H and O–H groups in total. The van der Waals surface area contributed by atoms with Crippen molar-refractivity contribution in [2.45, 2.75) is 71.1 Å². The second kappa shape index (κ2) is 19.0. The highest BCUT2D eigenvalue weighted by Crippen LogP contribution is 2.21. The lowest BCUT2D eigenvalue weighted by atomic mass is 10.1. The van der Waals surface area contributed by atoms with Gasteiger partial charge in [0.2, 0.25) is 0 Å². The molecule has 0 amide bonds. The third-order valence-corrected chi connectivity index (χ3v) is 7.31. The molecule has 0 radical (unpaired) electrons. The van der Waals surface area contributed by atoms with Gasteiger partial charge in [-0.15, -0.1) is 0 Å². The van der Waals surface area contributed by atoms with Crippen molar-refractivity contribution in [3.8, 4) is 5.75 Å². The van der Waals surface area contributed by atoms with Crippen LogP contribution in [0.5, 0.6) is 5.75 Å². The standard InChI is InChI=1S/C30H52N2O.2HI/c1-6-31(2,3)24-25-32(4,5)23-17-13-11-9-7-8-10-12-14-18-26-33-30-22-21-28-19-15-16-20-29(28)27-30;;/h15-16,19-22,27H,6-14,17-18,23-26H2,1-5H3;2*1H/q+2;;/p-2. The van der Waals surface area contributed by atoms with Crippen LogP contribution in [0.2, 0.25) is 0 Å². The van der Waals surface area contributed by atoms with Crippen molar-refractivity contribution < 1.29 is 61.7 Å². The van der Waals surface area contributed by atoms with Crippen molar-refractivity contribution >= 4 is 10.8 Å². The van der Waals surface area contributed by atoms with Crippen LogP contribution in [0.4, 0.5) is 0 Å². The van der Waals surface area contributed by atoms with Crippen LogP contribution in [-0.4, -0.2) is 69.9 Å². The highest BCUT2D eigenvalue weighted by molar-refractivity contribution is 5.83. The zero-order chi connectivity index (χ0) is 24.0. The first-order valence-corrected chi connectivity index (χ1v) is 13.6. The number of hydrogen-bond acceptors (Lipinski definition) is 1. The molecule has 2 aromatic carbocycles. The van der Waals surface area contributed by atoms with E-state index in [4.69, 9.17) is 4.74 Å². The summed E-state index contributed by atoms with van der Waals surface area (Å²) in [6.45, 7) is 8.24. The third kappa shape index (κ3) is 15.7. The van der Waals surface area contributed by atoms with E-state index in [0.717, 1.165) is 23.3 Å². The lowest BCUT2D eigenvalue weighted by Crippen LogP contribution is -3.00. The molecule has 0 aliphatic carbocycles. The Labute approximate surface area is 251 Å². The van der Waals surface area contributed by atoms with Gasteiger partial charge in [0.25, 0.3) is 0 Å². The minimum Gasteiger partial charge on any atom is -1.00 e. The minimum atomic E-state index is 0. The number of hydrogen-bond donors (Lipinski definition) is 0. The molecule has 0 spiro atoms. The lowest BCUT2D eigenvalue weighted by molar-refractivity contribution is -0.945. The quantitative estimate of drug-likeness (QED) is 0.129. The Kier molecular flexibility index (Phi) is 19.0. The van der Waals surface area contributed by atoms with Crippen LogP contribution in [0, 0.1) is 0 Å². The molecule has 0 fully saturated rings. The van der Waals surface area contributed by atoms with Crippen molar-refractivity contribution in [1.82, 2.24) is 0 Å². The van der Waals surface area contributed by atoms with Crippen LogP contribution < -0.4 is 52.7 Å². The maximum absolute atomic E-state index is 5.96. The predicted molar refractivity (Wildman–Crippen MR) is 145 cm³/mol. The van der Waals surface area contributed by atoms with Gasteiger partial charge < -0.3 is 61.7 Å². The smallest absolute Gasteiger partial charge is 0.128 e. The molecule has 0 bridgehead atoms. The van der Waals surface area contributed by atoms with E-state index < -0.39 is 0 Å². The SMILES string of the molecule is CC[N+](C)(C)CC[N+](C)(C)CCCCCCCCCCCCOc1ccc2ccccc2c1.[I-].[I-]. The Hall–Kier alpha value is -0.120. The summed E-state index contributed by atoms with van der Waals surface area (Å²) in [7, 11) is 9.50. The van der Waals surface area contributed by atoms with E-state index in [1.54, 1.807) is 0 Å². The van der Waals surface area contributed by atoms with Gasteiger partial charge in [0.15, 0.2) is 0 Å². The summed E-state index contributed by atoms with van der Waals surface area (Å²) in [6, 6.07) is 14.9. The third-order valence-electron chi connectivity index (χ3n) is 7.31. The summed E-state index contributed by atoms with van der Waals surface area (Å²) >= 11 is 0. The Balaban J connectivity index is 0.00000578. The van der Waals surface area contributed by atoms with Gasteiger partial charge >= 0.3 is 0 Å². The molecule has 0 unspecified atom stereocenters. The van der Waals surface area contributed by atoms with Gasteiger partial charge in [0.05, 0.1) is 47.9 Å². The first-order valence-electron chi connectivity index (χ1n) is 13.6. The molecule has 2 aromatic rings. The molecule has 35 heavy (non-hydrogen) atoms. The van der Waals surface area contributed by atoms with Crippen LogP contribution in [0.3, 0.4) is 0 Å². The molecule has 2 rings (SSSR count). The molecular formula is C30H52I2N2O. The molecule has 202 valence electrons. The van der Waals surface area contributed by atoms with Gasteiger partial charge in [0.1, 0.15) is 18.8 Å². The summed E-state index contributed by atoms with van der Waals surface area (Å²) in [5.74, 6) is 1.000. The Morgan fingerprint density at radius 3 is 1.69 bits per heavy atom. The number of quaternary nitrogens is 2. The average molecular weight is 711 g/mol. The van der Waals surface area contributed by atoms with Gasteiger partial charge in [-0.3, -0.25) is 0 Å². The number of unbranched alkanes of at least 4 members (excludes halogenated alkanes) is 9. The molecule has 0 saturated heterocycles. The highest BCUT2D eigenvalue weighted by Gasteiger charge is 2.20. The highest BCUT2D eigenvalue weighted by atomic mass is 127. The molecule has 0 aliphatic heterocycles. The minimum absolute atomic E-state index is 0. The van der Waals surface area contributed by atoms with Gasteiger partial charge in [-0.05, 0) is 49.1 Å². The molecule has 0 saturated carbocycles. The Bertz CT molecular complexity index is 795. The van der Waals surface area contributed by atoms with E-state index in [1.165, 1.54) is 99.2 Å². The summed E-state index contributed by atoms with van der Waals surface area (Å²) in [6.07, 6.45) is 13.6. The van der Waals surface area contributed by atoms with E-state index >= 15 is 0 Å². The molecule has 0 atom stereocenters. The summed E-state index contributed by atoms with van der Waals surface area (Å²) in [4.78, 5) is 0. The van der Waals surface area contributed by atoms with E-state index in [1.807, 2.05) is 0 Å². The second-order valence-corrected chi connectivity index (χ2v) is 11.3. The molecule has 0 aromatic heterocycles. The predicted octanol–water partition coefficient (Wildman–Crippen LogP) is 1.30. The van der Waals surface area contributed by atoms with Crippen molar-refractivity contribution in [1.29, 1.82) is 0 Å². The Morgan fingerprint density at radius 2 is 1.09 bits per heavy atom. The first kappa shape index (κ1) is 34.9. The summed E-state index contributed by atoms with van der Waals surface area (Å²) < 4.78 is 8.27.